The van der Waals surface area contributed by atoms with Crippen LogP contribution in [0.5, 0.6) is 0 Å². The van der Waals surface area contributed by atoms with Gasteiger partial charge in [0.1, 0.15) is 11.6 Å². The molecule has 1 aromatic carbocycles. The first kappa shape index (κ1) is 17.9. The van der Waals surface area contributed by atoms with Crippen molar-refractivity contribution >= 4 is 11.7 Å². The van der Waals surface area contributed by atoms with Crippen molar-refractivity contribution < 1.29 is 4.79 Å². The van der Waals surface area contributed by atoms with E-state index in [4.69, 9.17) is 5.73 Å². The van der Waals surface area contributed by atoms with Gasteiger partial charge >= 0.3 is 0 Å². The zero-order chi connectivity index (χ0) is 18.8. The van der Waals surface area contributed by atoms with Crippen LogP contribution in [0.2, 0.25) is 0 Å². The molecular formula is C21H27N5O. The maximum atomic E-state index is 13.0. The molecule has 0 radical (unpaired) electrons. The summed E-state index contributed by atoms with van der Waals surface area (Å²) in [7, 11) is 2.06. The molecule has 1 aliphatic carbocycles. The average molecular weight is 365 g/mol. The Hall–Kier alpha value is -2.47. The van der Waals surface area contributed by atoms with Crippen LogP contribution in [0.3, 0.4) is 0 Å². The predicted molar refractivity (Wildman–Crippen MR) is 105 cm³/mol. The van der Waals surface area contributed by atoms with Gasteiger partial charge in [-0.25, -0.2) is 9.97 Å². The molecule has 1 unspecified atom stereocenters. The van der Waals surface area contributed by atoms with E-state index in [9.17, 15) is 4.79 Å². The second kappa shape index (κ2) is 7.64. The van der Waals surface area contributed by atoms with Gasteiger partial charge in [-0.15, -0.1) is 0 Å². The molecule has 0 spiro atoms. The summed E-state index contributed by atoms with van der Waals surface area (Å²) in [6.07, 6.45) is 7.39. The van der Waals surface area contributed by atoms with Crippen molar-refractivity contribution in [2.45, 2.75) is 44.7 Å². The number of amides is 1. The second-order valence-electron chi connectivity index (χ2n) is 7.70. The summed E-state index contributed by atoms with van der Waals surface area (Å²) in [4.78, 5) is 25.7. The summed E-state index contributed by atoms with van der Waals surface area (Å²) in [6.45, 7) is 2.17. The number of benzene rings is 1. The summed E-state index contributed by atoms with van der Waals surface area (Å²) in [5, 5.41) is 0. The first-order valence-corrected chi connectivity index (χ1v) is 9.79. The molecule has 2 N–H and O–H groups in total. The van der Waals surface area contributed by atoms with Gasteiger partial charge in [0.05, 0.1) is 6.54 Å². The van der Waals surface area contributed by atoms with Crippen molar-refractivity contribution in [2.24, 2.45) is 0 Å². The number of rotatable bonds is 4. The van der Waals surface area contributed by atoms with E-state index < -0.39 is 0 Å². The highest BCUT2D eigenvalue weighted by molar-refractivity contribution is 5.94. The van der Waals surface area contributed by atoms with E-state index in [0.717, 1.165) is 43.7 Å². The van der Waals surface area contributed by atoms with E-state index >= 15 is 0 Å². The number of likely N-dealkylation sites (N-methyl/N-ethyl adjacent to an activating group) is 1. The molecule has 4 rings (SSSR count). The maximum Gasteiger partial charge on any atom is 0.253 e. The van der Waals surface area contributed by atoms with Crippen molar-refractivity contribution in [3.8, 4) is 0 Å². The van der Waals surface area contributed by atoms with Gasteiger partial charge < -0.3 is 10.6 Å². The second-order valence-corrected chi connectivity index (χ2v) is 7.70. The number of fused-ring (bicyclic) bond motifs is 1. The van der Waals surface area contributed by atoms with E-state index in [0.29, 0.717) is 18.4 Å². The van der Waals surface area contributed by atoms with Crippen LogP contribution < -0.4 is 5.73 Å². The third-order valence-corrected chi connectivity index (χ3v) is 5.79. The Balaban J connectivity index is 1.39. The maximum absolute atomic E-state index is 13.0. The van der Waals surface area contributed by atoms with E-state index in [1.54, 1.807) is 12.3 Å². The standard InChI is InChI=1S/C21H27N5O/c1-25(14-20-23-10-8-19(22)24-20)18-9-11-26(13-18)21(27)17-7-6-15-4-2-3-5-16(15)12-17/h6-8,10,12,18H,2-5,9,11,13-14H2,1H3,(H2,22,23,24). The molecule has 0 saturated carbocycles. The first-order chi connectivity index (χ1) is 13.1. The van der Waals surface area contributed by atoms with Crippen LogP contribution in [-0.4, -0.2) is 51.9 Å². The lowest BCUT2D eigenvalue weighted by molar-refractivity contribution is 0.0779. The number of nitrogens with zero attached hydrogens (tertiary/aromatic N) is 4. The number of hydrogen-bond donors (Lipinski definition) is 1. The number of nitrogen functional groups attached to an aromatic ring is 1. The minimum atomic E-state index is 0.152. The minimum absolute atomic E-state index is 0.152. The van der Waals surface area contributed by atoms with Crippen LogP contribution in [0.1, 0.15) is 46.6 Å². The van der Waals surface area contributed by atoms with E-state index in [1.165, 1.54) is 24.0 Å². The highest BCUT2D eigenvalue weighted by Crippen LogP contribution is 2.24. The normalized spacial score (nSPS) is 19.3. The van der Waals surface area contributed by atoms with Crippen molar-refractivity contribution in [2.75, 3.05) is 25.9 Å². The van der Waals surface area contributed by atoms with Gasteiger partial charge in [-0.2, -0.15) is 0 Å². The zero-order valence-corrected chi connectivity index (χ0v) is 15.9. The summed E-state index contributed by atoms with van der Waals surface area (Å²) in [5.41, 5.74) is 9.35. The van der Waals surface area contributed by atoms with Gasteiger partial charge in [-0.3, -0.25) is 9.69 Å². The van der Waals surface area contributed by atoms with Gasteiger partial charge in [-0.05, 0) is 68.5 Å². The fourth-order valence-corrected chi connectivity index (χ4v) is 4.18. The van der Waals surface area contributed by atoms with Crippen LogP contribution >= 0.6 is 0 Å². The Bertz CT molecular complexity index is 837. The van der Waals surface area contributed by atoms with Crippen molar-refractivity contribution in [1.82, 2.24) is 19.8 Å². The van der Waals surface area contributed by atoms with Crippen LogP contribution in [-0.2, 0) is 19.4 Å². The Labute approximate surface area is 160 Å². The molecule has 2 heterocycles. The van der Waals surface area contributed by atoms with Gasteiger partial charge in [0.15, 0.2) is 0 Å². The summed E-state index contributed by atoms with van der Waals surface area (Å²) in [5.74, 6) is 1.36. The lowest BCUT2D eigenvalue weighted by Gasteiger charge is -2.24. The molecule has 6 nitrogen and oxygen atoms in total. The van der Waals surface area contributed by atoms with Crippen LogP contribution in [0.15, 0.2) is 30.5 Å². The molecule has 6 heteroatoms. The number of aryl methyl sites for hydroxylation is 2. The smallest absolute Gasteiger partial charge is 0.253 e. The number of anilines is 1. The number of carbonyl (C=O) groups is 1. The summed E-state index contributed by atoms with van der Waals surface area (Å²) < 4.78 is 0. The molecular weight excluding hydrogens is 338 g/mol. The molecule has 1 aliphatic heterocycles. The lowest BCUT2D eigenvalue weighted by Crippen LogP contribution is -2.36. The third-order valence-electron chi connectivity index (χ3n) is 5.79. The molecule has 0 bridgehead atoms. The largest absolute Gasteiger partial charge is 0.384 e. The number of aromatic nitrogens is 2. The van der Waals surface area contributed by atoms with Gasteiger partial charge in [0, 0.05) is 30.9 Å². The number of carbonyl (C=O) groups excluding carboxylic acids is 1. The molecule has 1 atom stereocenters. The van der Waals surface area contributed by atoms with Crippen molar-refractivity contribution in [3.63, 3.8) is 0 Å². The van der Waals surface area contributed by atoms with Gasteiger partial charge in [0.25, 0.3) is 5.91 Å². The Kier molecular flexibility index (Phi) is 5.07. The quantitative estimate of drug-likeness (QED) is 0.900. The molecule has 142 valence electrons. The van der Waals surface area contributed by atoms with Crippen LogP contribution in [0.25, 0.3) is 0 Å². The molecule has 2 aliphatic rings. The van der Waals surface area contributed by atoms with E-state index in [-0.39, 0.29) is 5.91 Å². The topological polar surface area (TPSA) is 75.4 Å². The van der Waals surface area contributed by atoms with Gasteiger partial charge in [0.2, 0.25) is 0 Å². The number of hydrogen-bond acceptors (Lipinski definition) is 5. The Morgan fingerprint density at radius 2 is 2.07 bits per heavy atom. The van der Waals surface area contributed by atoms with Gasteiger partial charge in [-0.1, -0.05) is 6.07 Å². The van der Waals surface area contributed by atoms with Crippen molar-refractivity contribution in [1.29, 1.82) is 0 Å². The number of nitrogens with two attached hydrogens (primary N) is 1. The number of likely N-dealkylation sites (tertiary alicyclic amines) is 1. The molecule has 27 heavy (non-hydrogen) atoms. The summed E-state index contributed by atoms with van der Waals surface area (Å²) in [6, 6.07) is 8.28. The predicted octanol–water partition coefficient (Wildman–Crippen LogP) is 2.28. The third kappa shape index (κ3) is 3.95. The minimum Gasteiger partial charge on any atom is -0.384 e. The monoisotopic (exact) mass is 365 g/mol. The Morgan fingerprint density at radius 3 is 2.89 bits per heavy atom. The van der Waals surface area contributed by atoms with Crippen LogP contribution in [0, 0.1) is 0 Å². The molecule has 1 amide bonds. The fourth-order valence-electron chi connectivity index (χ4n) is 4.18. The van der Waals surface area contributed by atoms with E-state index in [1.807, 2.05) is 11.0 Å². The highest BCUT2D eigenvalue weighted by Gasteiger charge is 2.30. The van der Waals surface area contributed by atoms with Crippen LogP contribution in [0.4, 0.5) is 5.82 Å². The highest BCUT2D eigenvalue weighted by atomic mass is 16.2. The summed E-state index contributed by atoms with van der Waals surface area (Å²) >= 11 is 0. The SMILES string of the molecule is CN(Cc1nccc(N)n1)C1CCN(C(=O)c2ccc3c(c2)CCCC3)C1. The average Bonchev–Trinajstić information content (AvgIpc) is 3.17. The van der Waals surface area contributed by atoms with E-state index in [2.05, 4.69) is 34.0 Å². The fraction of sp³-hybridized carbons (Fsp3) is 0.476. The lowest BCUT2D eigenvalue weighted by atomic mass is 9.90. The molecule has 1 fully saturated rings. The molecule has 1 aromatic heterocycles. The first-order valence-electron chi connectivity index (χ1n) is 9.79. The zero-order valence-electron chi connectivity index (χ0n) is 15.9. The Morgan fingerprint density at radius 1 is 1.26 bits per heavy atom. The van der Waals surface area contributed by atoms with Crippen molar-refractivity contribution in [3.05, 3.63) is 53.0 Å². The molecule has 2 aromatic rings. The molecule has 1 saturated heterocycles.